The first-order chi connectivity index (χ1) is 10.3. The molecule has 0 radical (unpaired) electrons. The van der Waals surface area contributed by atoms with E-state index in [2.05, 4.69) is 51.2 Å². The van der Waals surface area contributed by atoms with Crippen LogP contribution in [0.1, 0.15) is 0 Å². The number of benzene rings is 3. The summed E-state index contributed by atoms with van der Waals surface area (Å²) in [6.07, 6.45) is 0. The first kappa shape index (κ1) is 11.4. The van der Waals surface area contributed by atoms with Gasteiger partial charge in [-0.25, -0.2) is 0 Å². The molecule has 0 bridgehead atoms. The van der Waals surface area contributed by atoms with Gasteiger partial charge in [0.25, 0.3) is 0 Å². The van der Waals surface area contributed by atoms with E-state index in [-0.39, 0.29) is 0 Å². The maximum absolute atomic E-state index is 6.14. The van der Waals surface area contributed by atoms with Gasteiger partial charge in [0.05, 0.1) is 16.4 Å². The van der Waals surface area contributed by atoms with E-state index in [0.717, 1.165) is 32.1 Å². The molecule has 2 nitrogen and oxygen atoms in total. The van der Waals surface area contributed by atoms with Crippen LogP contribution in [0.4, 0.5) is 0 Å². The zero-order valence-corrected chi connectivity index (χ0v) is 12.6. The van der Waals surface area contributed by atoms with E-state index in [1.807, 2.05) is 24.3 Å². The Labute approximate surface area is 128 Å². The molecule has 0 aliphatic rings. The zero-order chi connectivity index (χ0) is 14.0. The van der Waals surface area contributed by atoms with E-state index in [9.17, 15) is 0 Å². The lowest BCUT2D eigenvalue weighted by Crippen LogP contribution is -1.69. The van der Waals surface area contributed by atoms with Gasteiger partial charge in [0, 0.05) is 20.6 Å². The maximum Gasteiger partial charge on any atom is 0.145 e. The first-order valence-corrected chi connectivity index (χ1v) is 7.62. The Hall–Kier alpha value is -2.26. The van der Waals surface area contributed by atoms with Crippen LogP contribution >= 0.6 is 15.9 Å². The number of fused-ring (bicyclic) bond motifs is 7. The van der Waals surface area contributed by atoms with Crippen molar-refractivity contribution in [2.24, 2.45) is 0 Å². The summed E-state index contributed by atoms with van der Waals surface area (Å²) in [6, 6.07) is 18.7. The number of para-hydroxylation sites is 2. The summed E-state index contributed by atoms with van der Waals surface area (Å²) >= 11 is 3.61. The van der Waals surface area contributed by atoms with E-state index < -0.39 is 0 Å². The van der Waals surface area contributed by atoms with E-state index in [1.165, 1.54) is 16.2 Å². The Bertz CT molecular complexity index is 1150. The molecule has 0 fully saturated rings. The monoisotopic (exact) mass is 335 g/mol. The Morgan fingerprint density at radius 1 is 0.810 bits per heavy atom. The average molecular weight is 336 g/mol. The summed E-state index contributed by atoms with van der Waals surface area (Å²) in [4.78, 5) is 3.48. The lowest BCUT2D eigenvalue weighted by Gasteiger charge is -1.94. The highest BCUT2D eigenvalue weighted by Crippen LogP contribution is 2.38. The molecule has 0 atom stereocenters. The highest BCUT2D eigenvalue weighted by Gasteiger charge is 2.14. The van der Waals surface area contributed by atoms with E-state index >= 15 is 0 Å². The predicted molar refractivity (Wildman–Crippen MR) is 90.8 cm³/mol. The van der Waals surface area contributed by atoms with Crippen molar-refractivity contribution < 1.29 is 4.42 Å². The van der Waals surface area contributed by atoms with Gasteiger partial charge in [0.2, 0.25) is 0 Å². The SMILES string of the molecule is Brc1cccc2c1[nH]c1ccc3c4ccccc4oc3c12. The minimum absolute atomic E-state index is 0.935. The fraction of sp³-hybridized carbons (Fsp3) is 0. The molecule has 0 aliphatic carbocycles. The molecule has 0 unspecified atom stereocenters. The third kappa shape index (κ3) is 1.41. The second-order valence-corrected chi connectivity index (χ2v) is 6.10. The van der Waals surface area contributed by atoms with Gasteiger partial charge in [-0.05, 0) is 40.2 Å². The standard InChI is InChI=1S/C18H10BrNO/c19-13-6-3-5-12-16-14(20-17(12)13)9-8-11-10-4-1-2-7-15(10)21-18(11)16/h1-9,20H. The average Bonchev–Trinajstić information content (AvgIpc) is 3.05. The molecule has 0 saturated carbocycles. The Morgan fingerprint density at radius 3 is 2.62 bits per heavy atom. The van der Waals surface area contributed by atoms with Crippen LogP contribution in [0.15, 0.2) is 63.5 Å². The van der Waals surface area contributed by atoms with Gasteiger partial charge in [-0.1, -0.05) is 30.3 Å². The minimum atomic E-state index is 0.935. The lowest BCUT2D eigenvalue weighted by atomic mass is 10.1. The fourth-order valence-corrected chi connectivity index (χ4v) is 3.62. The number of aromatic amines is 1. The third-order valence-corrected chi connectivity index (χ3v) is 4.75. The topological polar surface area (TPSA) is 28.9 Å². The van der Waals surface area contributed by atoms with E-state index in [4.69, 9.17) is 4.42 Å². The number of rotatable bonds is 0. The van der Waals surface area contributed by atoms with Crippen LogP contribution in [0.25, 0.3) is 43.7 Å². The quantitative estimate of drug-likeness (QED) is 0.370. The normalized spacial score (nSPS) is 12.0. The van der Waals surface area contributed by atoms with Crippen LogP contribution in [0.5, 0.6) is 0 Å². The Balaban J connectivity index is 2.13. The number of furan rings is 1. The van der Waals surface area contributed by atoms with Crippen molar-refractivity contribution in [3.63, 3.8) is 0 Å². The maximum atomic E-state index is 6.14. The number of halogens is 1. The van der Waals surface area contributed by atoms with Crippen molar-refractivity contribution in [2.75, 3.05) is 0 Å². The molecule has 21 heavy (non-hydrogen) atoms. The van der Waals surface area contributed by atoms with Crippen LogP contribution in [-0.4, -0.2) is 4.98 Å². The van der Waals surface area contributed by atoms with Crippen molar-refractivity contribution >= 4 is 59.7 Å². The Kier molecular flexibility index (Phi) is 2.11. The zero-order valence-electron chi connectivity index (χ0n) is 11.0. The molecule has 5 aromatic rings. The molecule has 3 aromatic carbocycles. The smallest absolute Gasteiger partial charge is 0.145 e. The summed E-state index contributed by atoms with van der Waals surface area (Å²) in [6.45, 7) is 0. The van der Waals surface area contributed by atoms with Crippen LogP contribution < -0.4 is 0 Å². The van der Waals surface area contributed by atoms with Crippen LogP contribution in [0, 0.1) is 0 Å². The van der Waals surface area contributed by atoms with Crippen molar-refractivity contribution in [3.8, 4) is 0 Å². The summed E-state index contributed by atoms with van der Waals surface area (Å²) in [5.41, 5.74) is 4.10. The van der Waals surface area contributed by atoms with Gasteiger partial charge in [0.15, 0.2) is 0 Å². The van der Waals surface area contributed by atoms with Crippen molar-refractivity contribution in [1.82, 2.24) is 4.98 Å². The lowest BCUT2D eigenvalue weighted by molar-refractivity contribution is 0.673. The minimum Gasteiger partial charge on any atom is -0.455 e. The Morgan fingerprint density at radius 2 is 1.67 bits per heavy atom. The number of aromatic nitrogens is 1. The summed E-state index contributed by atoms with van der Waals surface area (Å²) < 4.78 is 7.21. The highest BCUT2D eigenvalue weighted by atomic mass is 79.9. The van der Waals surface area contributed by atoms with Crippen LogP contribution in [0.3, 0.4) is 0 Å². The number of H-pyrrole nitrogens is 1. The molecular formula is C18H10BrNO. The molecule has 0 saturated heterocycles. The van der Waals surface area contributed by atoms with Crippen LogP contribution in [-0.2, 0) is 0 Å². The van der Waals surface area contributed by atoms with Gasteiger partial charge >= 0.3 is 0 Å². The number of nitrogens with one attached hydrogen (secondary N) is 1. The van der Waals surface area contributed by atoms with Gasteiger partial charge in [-0.3, -0.25) is 0 Å². The van der Waals surface area contributed by atoms with Gasteiger partial charge in [-0.15, -0.1) is 0 Å². The van der Waals surface area contributed by atoms with Crippen molar-refractivity contribution in [1.29, 1.82) is 0 Å². The predicted octanol–water partition coefficient (Wildman–Crippen LogP) is 5.98. The second kappa shape index (κ2) is 3.89. The number of hydrogen-bond donors (Lipinski definition) is 1. The third-order valence-electron chi connectivity index (χ3n) is 4.09. The summed E-state index contributed by atoms with van der Waals surface area (Å²) in [5.74, 6) is 0. The molecule has 0 spiro atoms. The molecule has 5 rings (SSSR count). The molecule has 3 heteroatoms. The molecule has 0 amide bonds. The molecule has 0 aliphatic heterocycles. The fourth-order valence-electron chi connectivity index (χ4n) is 3.15. The van der Waals surface area contributed by atoms with Gasteiger partial charge in [0.1, 0.15) is 11.2 Å². The van der Waals surface area contributed by atoms with Crippen LogP contribution in [0.2, 0.25) is 0 Å². The van der Waals surface area contributed by atoms with Crippen molar-refractivity contribution in [2.45, 2.75) is 0 Å². The highest BCUT2D eigenvalue weighted by molar-refractivity contribution is 9.10. The summed E-state index contributed by atoms with van der Waals surface area (Å²) in [7, 11) is 0. The molecule has 2 aromatic heterocycles. The molecule has 2 heterocycles. The molecular weight excluding hydrogens is 326 g/mol. The second-order valence-electron chi connectivity index (χ2n) is 5.25. The van der Waals surface area contributed by atoms with Gasteiger partial charge < -0.3 is 9.40 Å². The van der Waals surface area contributed by atoms with E-state index in [1.54, 1.807) is 0 Å². The van der Waals surface area contributed by atoms with Crippen molar-refractivity contribution in [3.05, 3.63) is 59.1 Å². The number of hydrogen-bond acceptors (Lipinski definition) is 1. The summed E-state index contributed by atoms with van der Waals surface area (Å²) in [5, 5.41) is 4.67. The first-order valence-electron chi connectivity index (χ1n) is 6.83. The van der Waals surface area contributed by atoms with E-state index in [0.29, 0.717) is 0 Å². The molecule has 100 valence electrons. The molecule has 1 N–H and O–H groups in total. The van der Waals surface area contributed by atoms with Gasteiger partial charge in [-0.2, -0.15) is 0 Å². The largest absolute Gasteiger partial charge is 0.455 e.